The zero-order valence-corrected chi connectivity index (χ0v) is 13.3. The molecule has 0 aromatic rings. The Balaban J connectivity index is 1.98. The van der Waals surface area contributed by atoms with Crippen LogP contribution in [-0.2, 0) is 4.79 Å². The molecule has 5 heteroatoms. The first-order chi connectivity index (χ1) is 9.34. The zero-order chi connectivity index (χ0) is 14.8. The van der Waals surface area contributed by atoms with Gasteiger partial charge in [-0.15, -0.1) is 0 Å². The Kier molecular flexibility index (Phi) is 4.25. The summed E-state index contributed by atoms with van der Waals surface area (Å²) in [5.74, 6) is 1.17. The molecule has 2 aliphatic rings. The maximum atomic E-state index is 11.5. The molecule has 0 aliphatic carbocycles. The number of nitrogens with zero attached hydrogens (tertiary/aromatic N) is 2. The minimum absolute atomic E-state index is 0.120. The van der Waals surface area contributed by atoms with E-state index in [0.717, 1.165) is 45.0 Å². The summed E-state index contributed by atoms with van der Waals surface area (Å²) < 4.78 is 0. The Bertz CT molecular complexity index is 399. The summed E-state index contributed by atoms with van der Waals surface area (Å²) in [6, 6.07) is 0. The molecule has 2 N–H and O–H groups in total. The van der Waals surface area contributed by atoms with Gasteiger partial charge in [0.2, 0.25) is 5.91 Å². The van der Waals surface area contributed by atoms with E-state index in [0.29, 0.717) is 6.42 Å². The van der Waals surface area contributed by atoms with E-state index in [1.54, 1.807) is 0 Å². The van der Waals surface area contributed by atoms with Gasteiger partial charge in [-0.25, -0.2) is 0 Å². The lowest BCUT2D eigenvalue weighted by Crippen LogP contribution is -2.52. The number of carbonyl (C=O) groups is 1. The van der Waals surface area contributed by atoms with Crippen LogP contribution in [0.25, 0.3) is 0 Å². The van der Waals surface area contributed by atoms with Crippen molar-refractivity contribution >= 4 is 11.9 Å². The molecule has 0 radical (unpaired) electrons. The summed E-state index contributed by atoms with van der Waals surface area (Å²) in [5, 5.41) is 6.46. The van der Waals surface area contributed by atoms with E-state index in [2.05, 4.69) is 41.3 Å². The van der Waals surface area contributed by atoms with Crippen molar-refractivity contribution in [1.82, 2.24) is 15.5 Å². The molecule has 0 aromatic carbocycles. The minimum Gasteiger partial charge on any atom is -0.356 e. The largest absolute Gasteiger partial charge is 0.356 e. The maximum absolute atomic E-state index is 11.5. The van der Waals surface area contributed by atoms with Gasteiger partial charge in [0.25, 0.3) is 0 Å². The summed E-state index contributed by atoms with van der Waals surface area (Å²) in [5.41, 5.74) is 0.350. The van der Waals surface area contributed by atoms with Gasteiger partial charge in [0.1, 0.15) is 0 Å². The Hall–Kier alpha value is -1.26. The fourth-order valence-electron chi connectivity index (χ4n) is 3.11. The highest BCUT2D eigenvalue weighted by atomic mass is 16.1. The van der Waals surface area contributed by atoms with Crippen LogP contribution >= 0.6 is 0 Å². The predicted molar refractivity (Wildman–Crippen MR) is 81.7 cm³/mol. The van der Waals surface area contributed by atoms with E-state index in [1.165, 1.54) is 0 Å². The molecule has 2 saturated heterocycles. The highest BCUT2D eigenvalue weighted by molar-refractivity contribution is 5.81. The topological polar surface area (TPSA) is 56.7 Å². The number of guanidine groups is 1. The highest BCUT2D eigenvalue weighted by Crippen LogP contribution is 2.35. The fraction of sp³-hybridized carbons (Fsp3) is 0.867. The summed E-state index contributed by atoms with van der Waals surface area (Å²) >= 11 is 0. The van der Waals surface area contributed by atoms with E-state index < -0.39 is 0 Å². The van der Waals surface area contributed by atoms with Gasteiger partial charge >= 0.3 is 0 Å². The lowest BCUT2D eigenvalue weighted by Gasteiger charge is -2.41. The summed E-state index contributed by atoms with van der Waals surface area (Å²) in [6.45, 7) is 10.3. The van der Waals surface area contributed by atoms with Crippen LogP contribution in [0.2, 0.25) is 0 Å². The molecule has 2 rings (SSSR count). The molecule has 5 nitrogen and oxygen atoms in total. The van der Waals surface area contributed by atoms with Gasteiger partial charge in [0.15, 0.2) is 5.96 Å². The van der Waals surface area contributed by atoms with Crippen LogP contribution in [0.1, 0.15) is 40.0 Å². The average Bonchev–Trinajstić information content (AvgIpc) is 2.70. The maximum Gasteiger partial charge on any atom is 0.220 e. The average molecular weight is 280 g/mol. The summed E-state index contributed by atoms with van der Waals surface area (Å²) in [7, 11) is 1.84. The molecule has 0 bridgehead atoms. The number of nitrogens with one attached hydrogen (secondary N) is 2. The van der Waals surface area contributed by atoms with Crippen LogP contribution in [0.3, 0.4) is 0 Å². The number of rotatable bonds is 1. The minimum atomic E-state index is 0.120. The molecule has 20 heavy (non-hydrogen) atoms. The van der Waals surface area contributed by atoms with Gasteiger partial charge in [0, 0.05) is 45.1 Å². The number of carbonyl (C=O) groups excluding carboxylic acids is 1. The van der Waals surface area contributed by atoms with Crippen molar-refractivity contribution in [3.8, 4) is 0 Å². The SMILES string of the molecule is CN=C(NCC(C)(C)C)N1CCCC2(CNC(=O)C2)C1. The first-order valence-electron chi connectivity index (χ1n) is 7.56. The van der Waals surface area contributed by atoms with Crippen LogP contribution in [-0.4, -0.2) is 50.0 Å². The van der Waals surface area contributed by atoms with Crippen LogP contribution < -0.4 is 10.6 Å². The van der Waals surface area contributed by atoms with Gasteiger partial charge in [-0.05, 0) is 18.3 Å². The van der Waals surface area contributed by atoms with Gasteiger partial charge in [-0.3, -0.25) is 9.79 Å². The fourth-order valence-corrected chi connectivity index (χ4v) is 3.11. The lowest BCUT2D eigenvalue weighted by atomic mass is 9.79. The highest BCUT2D eigenvalue weighted by Gasteiger charge is 2.42. The first-order valence-corrected chi connectivity index (χ1v) is 7.56. The molecule has 0 aromatic heterocycles. The zero-order valence-electron chi connectivity index (χ0n) is 13.3. The Morgan fingerprint density at radius 1 is 1.50 bits per heavy atom. The van der Waals surface area contributed by atoms with Crippen LogP contribution in [0, 0.1) is 10.8 Å². The van der Waals surface area contributed by atoms with Crippen molar-refractivity contribution < 1.29 is 4.79 Å². The molecule has 2 fully saturated rings. The van der Waals surface area contributed by atoms with Crippen LogP contribution in [0.4, 0.5) is 0 Å². The van der Waals surface area contributed by atoms with Gasteiger partial charge in [-0.1, -0.05) is 20.8 Å². The monoisotopic (exact) mass is 280 g/mol. The molecule has 1 amide bonds. The Morgan fingerprint density at radius 3 is 2.80 bits per heavy atom. The summed E-state index contributed by atoms with van der Waals surface area (Å²) in [6.07, 6.45) is 2.93. The molecule has 1 spiro atoms. The molecular weight excluding hydrogens is 252 g/mol. The van der Waals surface area contributed by atoms with Crippen molar-refractivity contribution in [3.05, 3.63) is 0 Å². The van der Waals surface area contributed by atoms with Gasteiger partial charge in [-0.2, -0.15) is 0 Å². The molecule has 2 aliphatic heterocycles. The molecule has 1 atom stereocenters. The Labute approximate surface area is 122 Å². The second kappa shape index (κ2) is 5.62. The van der Waals surface area contributed by atoms with E-state index in [9.17, 15) is 4.79 Å². The second-order valence-electron chi connectivity index (χ2n) is 7.44. The molecule has 2 heterocycles. The number of piperidine rings is 1. The smallest absolute Gasteiger partial charge is 0.220 e. The third-order valence-corrected chi connectivity index (χ3v) is 4.15. The quantitative estimate of drug-likeness (QED) is 0.561. The number of hydrogen-bond donors (Lipinski definition) is 2. The molecule has 114 valence electrons. The van der Waals surface area contributed by atoms with Crippen LogP contribution in [0.15, 0.2) is 4.99 Å². The number of likely N-dealkylation sites (tertiary alicyclic amines) is 1. The standard InChI is InChI=1S/C15H28N4O/c1-14(2,3)9-18-13(16-4)19-7-5-6-15(11-19)8-12(20)17-10-15/h5-11H2,1-4H3,(H,16,18)(H,17,20). The normalized spacial score (nSPS) is 27.9. The summed E-state index contributed by atoms with van der Waals surface area (Å²) in [4.78, 5) is 18.3. The third-order valence-electron chi connectivity index (χ3n) is 4.15. The van der Waals surface area contributed by atoms with E-state index in [1.807, 2.05) is 7.05 Å². The van der Waals surface area contributed by atoms with Gasteiger partial charge in [0.05, 0.1) is 0 Å². The third kappa shape index (κ3) is 3.64. The molecule has 0 saturated carbocycles. The van der Waals surface area contributed by atoms with Crippen molar-refractivity contribution in [2.75, 3.05) is 33.2 Å². The van der Waals surface area contributed by atoms with E-state index in [-0.39, 0.29) is 16.7 Å². The van der Waals surface area contributed by atoms with Crippen molar-refractivity contribution in [1.29, 1.82) is 0 Å². The predicted octanol–water partition coefficient (Wildman–Crippen LogP) is 1.21. The van der Waals surface area contributed by atoms with Gasteiger partial charge < -0.3 is 15.5 Å². The van der Waals surface area contributed by atoms with Crippen molar-refractivity contribution in [2.45, 2.75) is 40.0 Å². The van der Waals surface area contributed by atoms with E-state index >= 15 is 0 Å². The number of amides is 1. The van der Waals surface area contributed by atoms with Crippen LogP contribution in [0.5, 0.6) is 0 Å². The van der Waals surface area contributed by atoms with Crippen molar-refractivity contribution in [2.24, 2.45) is 15.8 Å². The number of hydrogen-bond acceptors (Lipinski definition) is 2. The lowest BCUT2D eigenvalue weighted by molar-refractivity contribution is -0.119. The Morgan fingerprint density at radius 2 is 2.25 bits per heavy atom. The molecular formula is C15H28N4O. The van der Waals surface area contributed by atoms with E-state index in [4.69, 9.17) is 0 Å². The molecule has 1 unspecified atom stereocenters. The van der Waals surface area contributed by atoms with Crippen molar-refractivity contribution in [3.63, 3.8) is 0 Å². The second-order valence-corrected chi connectivity index (χ2v) is 7.44. The first kappa shape index (κ1) is 15.1. The number of aliphatic imine (C=N–C) groups is 1.